The molecule has 0 rings (SSSR count). The van der Waals surface area contributed by atoms with Gasteiger partial charge in [-0.3, -0.25) is 0 Å². The van der Waals surface area contributed by atoms with Crippen molar-refractivity contribution in [2.75, 3.05) is 10.7 Å². The first-order chi connectivity index (χ1) is 7.60. The molecule has 0 atom stereocenters. The van der Waals surface area contributed by atoms with Crippen molar-refractivity contribution in [1.29, 1.82) is 0 Å². The molecule has 0 aromatic heterocycles. The summed E-state index contributed by atoms with van der Waals surface area (Å²) in [5.74, 6) is 0.797. The second-order valence-electron chi connectivity index (χ2n) is 5.53. The maximum Gasteiger partial charge on any atom is 0.00960 e. The number of alkyl halides is 2. The van der Waals surface area contributed by atoms with Crippen molar-refractivity contribution in [3.8, 4) is 0 Å². The van der Waals surface area contributed by atoms with Gasteiger partial charge < -0.3 is 0 Å². The third-order valence-corrected chi connectivity index (χ3v) is 5.60. The van der Waals surface area contributed by atoms with Crippen molar-refractivity contribution >= 4 is 31.9 Å². The van der Waals surface area contributed by atoms with Crippen LogP contribution in [0.5, 0.6) is 0 Å². The van der Waals surface area contributed by atoms with E-state index in [0.717, 1.165) is 16.6 Å². The Hall–Kier alpha value is 0.960. The fourth-order valence-electron chi connectivity index (χ4n) is 2.35. The summed E-state index contributed by atoms with van der Waals surface area (Å²) in [5.41, 5.74) is 0.486. The fourth-order valence-corrected chi connectivity index (χ4v) is 4.30. The molecule has 0 aromatic carbocycles. The van der Waals surface area contributed by atoms with Crippen LogP contribution in [0.15, 0.2) is 0 Å². The third-order valence-electron chi connectivity index (χ3n) is 3.22. The van der Waals surface area contributed by atoms with E-state index in [1.165, 1.54) is 44.9 Å². The summed E-state index contributed by atoms with van der Waals surface area (Å²) in [7, 11) is 0. The summed E-state index contributed by atoms with van der Waals surface area (Å²) in [5, 5.41) is 2.27. The monoisotopic (exact) mass is 354 g/mol. The topological polar surface area (TPSA) is 0 Å². The van der Waals surface area contributed by atoms with Crippen LogP contribution in [0.2, 0.25) is 0 Å². The molecule has 0 unspecified atom stereocenters. The SMILES string of the molecule is CCCCCCCC(CBr)(CBr)CC(C)C. The predicted octanol–water partition coefficient (Wildman–Crippen LogP) is 6.17. The Balaban J connectivity index is 3.92. The van der Waals surface area contributed by atoms with E-state index in [4.69, 9.17) is 0 Å². The molecule has 2 heteroatoms. The van der Waals surface area contributed by atoms with E-state index in [2.05, 4.69) is 52.6 Å². The molecule has 0 aliphatic carbocycles. The Kier molecular flexibility index (Phi) is 10.5. The smallest absolute Gasteiger partial charge is 0.00960 e. The van der Waals surface area contributed by atoms with Crippen LogP contribution >= 0.6 is 31.9 Å². The average Bonchev–Trinajstić information content (AvgIpc) is 2.26. The molecule has 0 saturated carbocycles. The van der Waals surface area contributed by atoms with Crippen molar-refractivity contribution in [1.82, 2.24) is 0 Å². The van der Waals surface area contributed by atoms with Gasteiger partial charge in [0.25, 0.3) is 0 Å². The van der Waals surface area contributed by atoms with E-state index in [1.807, 2.05) is 0 Å². The van der Waals surface area contributed by atoms with Crippen LogP contribution in [-0.2, 0) is 0 Å². The van der Waals surface area contributed by atoms with Gasteiger partial charge in [-0.15, -0.1) is 0 Å². The number of rotatable bonds is 10. The lowest BCUT2D eigenvalue weighted by atomic mass is 9.79. The molecule has 0 radical (unpaired) electrons. The van der Waals surface area contributed by atoms with Crippen molar-refractivity contribution < 1.29 is 0 Å². The van der Waals surface area contributed by atoms with Crippen molar-refractivity contribution in [3.05, 3.63) is 0 Å². The molecular weight excluding hydrogens is 328 g/mol. The largest absolute Gasteiger partial charge is 0.0922 e. The lowest BCUT2D eigenvalue weighted by Crippen LogP contribution is -2.26. The second-order valence-corrected chi connectivity index (χ2v) is 6.65. The normalized spacial score (nSPS) is 12.4. The Morgan fingerprint density at radius 2 is 1.50 bits per heavy atom. The number of hydrogen-bond acceptors (Lipinski definition) is 0. The van der Waals surface area contributed by atoms with Crippen LogP contribution in [0.4, 0.5) is 0 Å². The van der Waals surface area contributed by atoms with Gasteiger partial charge in [-0.05, 0) is 24.2 Å². The molecule has 0 saturated heterocycles. The number of halogens is 2. The van der Waals surface area contributed by atoms with Crippen LogP contribution in [0, 0.1) is 11.3 Å². The number of hydrogen-bond donors (Lipinski definition) is 0. The molecule has 0 heterocycles. The maximum absolute atomic E-state index is 3.71. The first kappa shape index (κ1) is 17.0. The lowest BCUT2D eigenvalue weighted by molar-refractivity contribution is 0.274. The summed E-state index contributed by atoms with van der Waals surface area (Å²) in [6.45, 7) is 6.94. The minimum atomic E-state index is 0.486. The highest BCUT2D eigenvalue weighted by Gasteiger charge is 2.28. The quantitative estimate of drug-likeness (QED) is 0.324. The zero-order valence-corrected chi connectivity index (χ0v) is 14.4. The van der Waals surface area contributed by atoms with Crippen LogP contribution in [0.3, 0.4) is 0 Å². The van der Waals surface area contributed by atoms with Gasteiger partial charge in [0, 0.05) is 10.7 Å². The Morgan fingerprint density at radius 3 is 1.94 bits per heavy atom. The Morgan fingerprint density at radius 1 is 0.938 bits per heavy atom. The standard InChI is InChI=1S/C14H28Br2/c1-4-5-6-7-8-9-14(11-15,12-16)10-13(2)3/h13H,4-12H2,1-3H3. The molecule has 0 fully saturated rings. The number of unbranched alkanes of at least 4 members (excludes halogenated alkanes) is 4. The third kappa shape index (κ3) is 7.32. The van der Waals surface area contributed by atoms with Gasteiger partial charge in [-0.2, -0.15) is 0 Å². The van der Waals surface area contributed by atoms with Gasteiger partial charge in [0.1, 0.15) is 0 Å². The first-order valence-electron chi connectivity index (χ1n) is 6.72. The van der Waals surface area contributed by atoms with Crippen LogP contribution in [0.1, 0.15) is 65.7 Å². The molecule has 0 spiro atoms. The predicted molar refractivity (Wildman–Crippen MR) is 82.9 cm³/mol. The summed E-state index contributed by atoms with van der Waals surface area (Å²) < 4.78 is 0. The summed E-state index contributed by atoms with van der Waals surface area (Å²) in [6.07, 6.45) is 9.66. The molecular formula is C14H28Br2. The maximum atomic E-state index is 3.71. The molecule has 0 aliphatic heterocycles. The fraction of sp³-hybridized carbons (Fsp3) is 1.00. The molecule has 98 valence electrons. The first-order valence-corrected chi connectivity index (χ1v) is 8.96. The van der Waals surface area contributed by atoms with E-state index < -0.39 is 0 Å². The van der Waals surface area contributed by atoms with Gasteiger partial charge in [-0.25, -0.2) is 0 Å². The van der Waals surface area contributed by atoms with Crippen molar-refractivity contribution in [2.45, 2.75) is 65.7 Å². The van der Waals surface area contributed by atoms with Gasteiger partial charge >= 0.3 is 0 Å². The Bertz CT molecular complexity index is 151. The van der Waals surface area contributed by atoms with E-state index in [9.17, 15) is 0 Å². The minimum absolute atomic E-state index is 0.486. The van der Waals surface area contributed by atoms with E-state index in [-0.39, 0.29) is 0 Å². The van der Waals surface area contributed by atoms with Crippen molar-refractivity contribution in [3.63, 3.8) is 0 Å². The zero-order chi connectivity index (χ0) is 12.4. The van der Waals surface area contributed by atoms with Gasteiger partial charge in [0.05, 0.1) is 0 Å². The summed E-state index contributed by atoms with van der Waals surface area (Å²) in [4.78, 5) is 0. The van der Waals surface area contributed by atoms with Gasteiger partial charge in [0.2, 0.25) is 0 Å². The molecule has 0 aromatic rings. The van der Waals surface area contributed by atoms with Crippen molar-refractivity contribution in [2.24, 2.45) is 11.3 Å². The zero-order valence-electron chi connectivity index (χ0n) is 11.2. The molecule has 16 heavy (non-hydrogen) atoms. The highest BCUT2D eigenvalue weighted by atomic mass is 79.9. The molecule has 0 amide bonds. The van der Waals surface area contributed by atoms with Crippen LogP contribution < -0.4 is 0 Å². The minimum Gasteiger partial charge on any atom is -0.0922 e. The highest BCUT2D eigenvalue weighted by Crippen LogP contribution is 2.36. The van der Waals surface area contributed by atoms with E-state index >= 15 is 0 Å². The second kappa shape index (κ2) is 9.94. The molecule has 0 nitrogen and oxygen atoms in total. The molecule has 0 N–H and O–H groups in total. The van der Waals surface area contributed by atoms with E-state index in [1.54, 1.807) is 0 Å². The molecule has 0 aliphatic rings. The van der Waals surface area contributed by atoms with Gasteiger partial charge in [0.15, 0.2) is 0 Å². The van der Waals surface area contributed by atoms with Crippen LogP contribution in [-0.4, -0.2) is 10.7 Å². The van der Waals surface area contributed by atoms with Gasteiger partial charge in [-0.1, -0.05) is 84.7 Å². The Labute approximate surface area is 119 Å². The van der Waals surface area contributed by atoms with Crippen LogP contribution in [0.25, 0.3) is 0 Å². The molecule has 0 bridgehead atoms. The highest BCUT2D eigenvalue weighted by molar-refractivity contribution is 9.09. The summed E-state index contributed by atoms with van der Waals surface area (Å²) in [6, 6.07) is 0. The average molecular weight is 356 g/mol. The lowest BCUT2D eigenvalue weighted by Gasteiger charge is -2.32. The summed E-state index contributed by atoms with van der Waals surface area (Å²) >= 11 is 7.43. The van der Waals surface area contributed by atoms with E-state index in [0.29, 0.717) is 5.41 Å².